The molecule has 0 aliphatic rings. The second-order valence-corrected chi connectivity index (χ2v) is 5.24. The SMILES string of the molecule is CCCC(C)C(O)c1cc(Br)cs1. The summed E-state index contributed by atoms with van der Waals surface area (Å²) < 4.78 is 1.07. The van der Waals surface area contributed by atoms with Crippen molar-refractivity contribution in [3.8, 4) is 0 Å². The Labute approximate surface area is 91.9 Å². The molecule has 0 spiro atoms. The van der Waals surface area contributed by atoms with Gasteiger partial charge in [-0.25, -0.2) is 0 Å². The molecule has 0 saturated heterocycles. The summed E-state index contributed by atoms with van der Waals surface area (Å²) in [6.07, 6.45) is 1.91. The first-order valence-corrected chi connectivity index (χ1v) is 6.24. The Morgan fingerprint density at radius 1 is 1.62 bits per heavy atom. The van der Waals surface area contributed by atoms with Crippen LogP contribution in [0.2, 0.25) is 0 Å². The zero-order valence-corrected chi connectivity index (χ0v) is 10.4. The monoisotopic (exact) mass is 262 g/mol. The van der Waals surface area contributed by atoms with Crippen molar-refractivity contribution < 1.29 is 5.11 Å². The number of halogens is 1. The molecule has 2 unspecified atom stereocenters. The Bertz CT molecular complexity index is 259. The summed E-state index contributed by atoms with van der Waals surface area (Å²) in [6.45, 7) is 4.25. The highest BCUT2D eigenvalue weighted by Gasteiger charge is 2.16. The van der Waals surface area contributed by atoms with E-state index in [2.05, 4.69) is 29.8 Å². The lowest BCUT2D eigenvalue weighted by atomic mass is 9.98. The number of hydrogen-bond acceptors (Lipinski definition) is 2. The van der Waals surface area contributed by atoms with Crippen molar-refractivity contribution in [3.05, 3.63) is 20.8 Å². The van der Waals surface area contributed by atoms with E-state index >= 15 is 0 Å². The van der Waals surface area contributed by atoms with Crippen molar-refractivity contribution in [3.63, 3.8) is 0 Å². The zero-order valence-electron chi connectivity index (χ0n) is 7.96. The quantitative estimate of drug-likeness (QED) is 0.871. The molecule has 0 saturated carbocycles. The van der Waals surface area contributed by atoms with Gasteiger partial charge in [0.15, 0.2) is 0 Å². The van der Waals surface area contributed by atoms with Gasteiger partial charge >= 0.3 is 0 Å². The fourth-order valence-electron chi connectivity index (χ4n) is 1.38. The van der Waals surface area contributed by atoms with Gasteiger partial charge < -0.3 is 5.11 Å². The van der Waals surface area contributed by atoms with Crippen molar-refractivity contribution >= 4 is 27.3 Å². The highest BCUT2D eigenvalue weighted by molar-refractivity contribution is 9.10. The van der Waals surface area contributed by atoms with Crippen LogP contribution in [0.1, 0.15) is 37.7 Å². The Morgan fingerprint density at radius 2 is 2.31 bits per heavy atom. The van der Waals surface area contributed by atoms with Crippen LogP contribution in [-0.4, -0.2) is 5.11 Å². The Kier molecular flexibility index (Phi) is 4.42. The molecule has 1 rings (SSSR count). The van der Waals surface area contributed by atoms with Gasteiger partial charge in [0.25, 0.3) is 0 Å². The van der Waals surface area contributed by atoms with E-state index < -0.39 is 0 Å². The highest BCUT2D eigenvalue weighted by atomic mass is 79.9. The molecule has 74 valence electrons. The molecule has 13 heavy (non-hydrogen) atoms. The van der Waals surface area contributed by atoms with Crippen LogP contribution in [-0.2, 0) is 0 Å². The van der Waals surface area contributed by atoms with Crippen LogP contribution >= 0.6 is 27.3 Å². The molecule has 0 fully saturated rings. The fraction of sp³-hybridized carbons (Fsp3) is 0.600. The molecule has 0 bridgehead atoms. The van der Waals surface area contributed by atoms with Gasteiger partial charge in [-0.15, -0.1) is 11.3 Å². The predicted molar refractivity (Wildman–Crippen MR) is 61.1 cm³/mol. The second kappa shape index (κ2) is 5.13. The minimum Gasteiger partial charge on any atom is -0.387 e. The number of rotatable bonds is 4. The minimum atomic E-state index is -0.295. The van der Waals surface area contributed by atoms with Crippen LogP contribution in [0.5, 0.6) is 0 Å². The minimum absolute atomic E-state index is 0.295. The van der Waals surface area contributed by atoms with Crippen molar-refractivity contribution in [2.45, 2.75) is 32.8 Å². The third-order valence-corrected chi connectivity index (χ3v) is 3.93. The molecular formula is C10H15BrOS. The summed E-state index contributed by atoms with van der Waals surface area (Å²) in [5.41, 5.74) is 0. The number of aliphatic hydroxyl groups is 1. The average molecular weight is 263 g/mol. The molecule has 1 N–H and O–H groups in total. The predicted octanol–water partition coefficient (Wildman–Crippen LogP) is 3.98. The van der Waals surface area contributed by atoms with Gasteiger partial charge in [-0.2, -0.15) is 0 Å². The van der Waals surface area contributed by atoms with E-state index in [1.165, 1.54) is 0 Å². The van der Waals surface area contributed by atoms with E-state index in [9.17, 15) is 5.11 Å². The second-order valence-electron chi connectivity index (χ2n) is 3.38. The van der Waals surface area contributed by atoms with Gasteiger partial charge in [0.1, 0.15) is 0 Å². The summed E-state index contributed by atoms with van der Waals surface area (Å²) in [5.74, 6) is 0.357. The van der Waals surface area contributed by atoms with Gasteiger partial charge in [-0.3, -0.25) is 0 Å². The van der Waals surface area contributed by atoms with E-state index in [-0.39, 0.29) is 6.10 Å². The fourth-order valence-corrected chi connectivity index (χ4v) is 2.94. The maximum absolute atomic E-state index is 9.92. The van der Waals surface area contributed by atoms with Crippen LogP contribution in [0.4, 0.5) is 0 Å². The smallest absolute Gasteiger partial charge is 0.0907 e. The summed E-state index contributed by atoms with van der Waals surface area (Å²) in [6, 6.07) is 2.00. The van der Waals surface area contributed by atoms with Crippen LogP contribution in [0.15, 0.2) is 15.9 Å². The molecule has 2 atom stereocenters. The summed E-state index contributed by atoms with van der Waals surface area (Å²) in [7, 11) is 0. The highest BCUT2D eigenvalue weighted by Crippen LogP contribution is 2.31. The van der Waals surface area contributed by atoms with E-state index in [0.29, 0.717) is 5.92 Å². The third-order valence-electron chi connectivity index (χ3n) is 2.16. The van der Waals surface area contributed by atoms with Crippen LogP contribution < -0.4 is 0 Å². The Balaban J connectivity index is 2.61. The first kappa shape index (κ1) is 11.2. The van der Waals surface area contributed by atoms with Gasteiger partial charge in [-0.1, -0.05) is 20.3 Å². The van der Waals surface area contributed by atoms with Crippen molar-refractivity contribution in [2.75, 3.05) is 0 Å². The largest absolute Gasteiger partial charge is 0.387 e. The van der Waals surface area contributed by atoms with Crippen LogP contribution in [0.25, 0.3) is 0 Å². The molecule has 1 heterocycles. The maximum atomic E-state index is 9.92. The lowest BCUT2D eigenvalue weighted by molar-refractivity contribution is 0.116. The first-order chi connectivity index (χ1) is 6.15. The number of hydrogen-bond donors (Lipinski definition) is 1. The van der Waals surface area contributed by atoms with Gasteiger partial charge in [0.05, 0.1) is 6.10 Å². The van der Waals surface area contributed by atoms with Crippen molar-refractivity contribution in [2.24, 2.45) is 5.92 Å². The van der Waals surface area contributed by atoms with E-state index in [1.54, 1.807) is 11.3 Å². The lowest BCUT2D eigenvalue weighted by Gasteiger charge is -2.16. The standard InChI is InChI=1S/C10H15BrOS/c1-3-4-7(2)10(12)9-5-8(11)6-13-9/h5-7,10,12H,3-4H2,1-2H3. The maximum Gasteiger partial charge on any atom is 0.0907 e. The molecule has 0 aliphatic heterocycles. The van der Waals surface area contributed by atoms with Gasteiger partial charge in [-0.05, 0) is 34.3 Å². The molecule has 0 aliphatic carbocycles. The summed E-state index contributed by atoms with van der Waals surface area (Å²) >= 11 is 5.00. The number of aliphatic hydroxyl groups excluding tert-OH is 1. The average Bonchev–Trinajstić information content (AvgIpc) is 2.51. The lowest BCUT2D eigenvalue weighted by Crippen LogP contribution is -2.07. The Hall–Kier alpha value is 0.140. The van der Waals surface area contributed by atoms with Gasteiger partial charge in [0, 0.05) is 14.7 Å². The summed E-state index contributed by atoms with van der Waals surface area (Å²) in [4.78, 5) is 1.06. The Morgan fingerprint density at radius 3 is 2.77 bits per heavy atom. The molecule has 0 radical (unpaired) electrons. The summed E-state index contributed by atoms with van der Waals surface area (Å²) in [5, 5.41) is 11.9. The molecule has 1 aromatic heterocycles. The molecule has 3 heteroatoms. The normalized spacial score (nSPS) is 15.7. The zero-order chi connectivity index (χ0) is 9.84. The van der Waals surface area contributed by atoms with E-state index in [1.807, 2.05) is 11.4 Å². The van der Waals surface area contributed by atoms with Gasteiger partial charge in [0.2, 0.25) is 0 Å². The van der Waals surface area contributed by atoms with E-state index in [4.69, 9.17) is 0 Å². The molecule has 1 nitrogen and oxygen atoms in total. The van der Waals surface area contributed by atoms with E-state index in [0.717, 1.165) is 22.2 Å². The van der Waals surface area contributed by atoms with Crippen molar-refractivity contribution in [1.82, 2.24) is 0 Å². The number of thiophene rings is 1. The molecule has 0 amide bonds. The van der Waals surface area contributed by atoms with Crippen molar-refractivity contribution in [1.29, 1.82) is 0 Å². The molecule has 0 aromatic carbocycles. The topological polar surface area (TPSA) is 20.2 Å². The van der Waals surface area contributed by atoms with Crippen LogP contribution in [0, 0.1) is 5.92 Å². The molecular weight excluding hydrogens is 248 g/mol. The first-order valence-electron chi connectivity index (χ1n) is 4.57. The van der Waals surface area contributed by atoms with Crippen LogP contribution in [0.3, 0.4) is 0 Å². The molecule has 1 aromatic rings. The third kappa shape index (κ3) is 3.08.